The Hall–Kier alpha value is -3.58. The highest BCUT2D eigenvalue weighted by Crippen LogP contribution is 2.37. The highest BCUT2D eigenvalue weighted by Gasteiger charge is 2.26. The first-order valence-corrected chi connectivity index (χ1v) is 11.3. The van der Waals surface area contributed by atoms with Crippen LogP contribution >= 0.6 is 0 Å². The summed E-state index contributed by atoms with van der Waals surface area (Å²) in [5, 5.41) is 9.92. The normalized spacial score (nSPS) is 18.4. The van der Waals surface area contributed by atoms with Crippen molar-refractivity contribution in [1.29, 1.82) is 0 Å². The Kier molecular flexibility index (Phi) is 5.64. The van der Waals surface area contributed by atoms with Crippen LogP contribution in [0.2, 0.25) is 0 Å². The molecule has 4 aromatic rings. The number of aromatic nitrogens is 3. The van der Waals surface area contributed by atoms with E-state index in [9.17, 15) is 5.11 Å². The summed E-state index contributed by atoms with van der Waals surface area (Å²) in [6, 6.07) is 13.6. The van der Waals surface area contributed by atoms with Crippen LogP contribution in [0, 0.1) is 6.92 Å². The molecule has 0 aliphatic heterocycles. The van der Waals surface area contributed by atoms with Gasteiger partial charge < -0.3 is 20.3 Å². The smallest absolute Gasteiger partial charge is 0.150 e. The molecule has 2 heterocycles. The van der Waals surface area contributed by atoms with Gasteiger partial charge in [0.2, 0.25) is 0 Å². The number of fused-ring (bicyclic) bond motifs is 1. The van der Waals surface area contributed by atoms with Crippen LogP contribution in [0.4, 0.5) is 5.82 Å². The molecule has 5 rings (SSSR count). The zero-order chi connectivity index (χ0) is 22.9. The molecule has 0 radical (unpaired) electrons. The third-order valence-corrected chi connectivity index (χ3v) is 6.48. The van der Waals surface area contributed by atoms with Gasteiger partial charge in [0.05, 0.1) is 13.2 Å². The number of aliphatic hydroxyl groups is 1. The van der Waals surface area contributed by atoms with Crippen LogP contribution in [0.25, 0.3) is 16.8 Å². The zero-order valence-corrected chi connectivity index (χ0v) is 18.9. The fourth-order valence-corrected chi connectivity index (χ4v) is 4.64. The quantitative estimate of drug-likeness (QED) is 0.444. The molecule has 0 amide bonds. The van der Waals surface area contributed by atoms with Crippen LogP contribution < -0.4 is 15.2 Å². The molecule has 0 bridgehead atoms. The van der Waals surface area contributed by atoms with Crippen molar-refractivity contribution < 1.29 is 14.6 Å². The fourth-order valence-electron chi connectivity index (χ4n) is 4.64. The molecule has 1 fully saturated rings. The van der Waals surface area contributed by atoms with E-state index < -0.39 is 0 Å². The monoisotopic (exact) mass is 444 g/mol. The number of ether oxygens (including phenoxy) is 2. The number of methoxy groups -OCH3 is 1. The summed E-state index contributed by atoms with van der Waals surface area (Å²) in [5.41, 5.74) is 9.81. The lowest BCUT2D eigenvalue weighted by Crippen LogP contribution is -2.18. The highest BCUT2D eigenvalue weighted by molar-refractivity contribution is 5.85. The molecule has 2 aromatic heterocycles. The van der Waals surface area contributed by atoms with Gasteiger partial charge in [-0.2, -0.15) is 0 Å². The molecule has 1 aliphatic carbocycles. The molecule has 0 saturated heterocycles. The number of hydrogen-bond donors (Lipinski definition) is 2. The lowest BCUT2D eigenvalue weighted by atomic mass is 9.87. The van der Waals surface area contributed by atoms with Gasteiger partial charge >= 0.3 is 0 Å². The molecule has 33 heavy (non-hydrogen) atoms. The van der Waals surface area contributed by atoms with Crippen LogP contribution in [-0.4, -0.2) is 32.7 Å². The van der Waals surface area contributed by atoms with Gasteiger partial charge in [-0.1, -0.05) is 6.07 Å². The van der Waals surface area contributed by atoms with Gasteiger partial charge in [-0.25, -0.2) is 9.97 Å². The Bertz CT molecular complexity index is 1270. The van der Waals surface area contributed by atoms with E-state index in [0.29, 0.717) is 5.82 Å². The second-order valence-electron chi connectivity index (χ2n) is 8.56. The van der Waals surface area contributed by atoms with E-state index in [4.69, 9.17) is 20.2 Å². The molecule has 7 heteroatoms. The summed E-state index contributed by atoms with van der Waals surface area (Å²) in [6.07, 6.45) is 6.84. The maximum atomic E-state index is 9.92. The van der Waals surface area contributed by atoms with Crippen LogP contribution in [0.1, 0.15) is 43.0 Å². The van der Waals surface area contributed by atoms with E-state index in [0.717, 1.165) is 71.1 Å². The lowest BCUT2D eigenvalue weighted by molar-refractivity contribution is 0.121. The van der Waals surface area contributed by atoms with Crippen molar-refractivity contribution in [2.45, 2.75) is 44.6 Å². The van der Waals surface area contributed by atoms with Crippen LogP contribution in [0.5, 0.6) is 17.2 Å². The van der Waals surface area contributed by atoms with Crippen LogP contribution in [0.15, 0.2) is 54.9 Å². The van der Waals surface area contributed by atoms with Gasteiger partial charge in [-0.05, 0) is 69.0 Å². The number of rotatable bonds is 5. The minimum absolute atomic E-state index is 0.209. The molecule has 7 nitrogen and oxygen atoms in total. The number of nitrogens with zero attached hydrogens (tertiary/aromatic N) is 3. The van der Waals surface area contributed by atoms with Crippen molar-refractivity contribution in [3.05, 3.63) is 66.2 Å². The Balaban J connectivity index is 1.48. The minimum Gasteiger partial charge on any atom is -0.496 e. The summed E-state index contributed by atoms with van der Waals surface area (Å²) in [5.74, 6) is 3.99. The highest BCUT2D eigenvalue weighted by atomic mass is 16.5. The maximum absolute atomic E-state index is 9.92. The van der Waals surface area contributed by atoms with Gasteiger partial charge in [-0.15, -0.1) is 0 Å². The molecule has 1 aliphatic rings. The first-order valence-electron chi connectivity index (χ1n) is 11.3. The molecular formula is C26H28N4O3. The molecule has 0 atom stereocenters. The summed E-state index contributed by atoms with van der Waals surface area (Å²) < 4.78 is 13.5. The Morgan fingerprint density at radius 2 is 1.76 bits per heavy atom. The second-order valence-corrected chi connectivity index (χ2v) is 8.56. The summed E-state index contributed by atoms with van der Waals surface area (Å²) in [7, 11) is 1.65. The molecular weight excluding hydrogens is 416 g/mol. The number of benzene rings is 2. The second kappa shape index (κ2) is 8.75. The first-order chi connectivity index (χ1) is 16.0. The van der Waals surface area contributed by atoms with E-state index >= 15 is 0 Å². The molecule has 3 N–H and O–H groups in total. The van der Waals surface area contributed by atoms with Gasteiger partial charge in [0.1, 0.15) is 40.1 Å². The van der Waals surface area contributed by atoms with Crippen LogP contribution in [-0.2, 0) is 0 Å². The van der Waals surface area contributed by atoms with Gasteiger partial charge in [-0.3, -0.25) is 4.40 Å². The molecule has 1 saturated carbocycles. The molecule has 0 spiro atoms. The van der Waals surface area contributed by atoms with Crippen molar-refractivity contribution in [2.24, 2.45) is 0 Å². The summed E-state index contributed by atoms with van der Waals surface area (Å²) in [6.45, 7) is 1.97. The minimum atomic E-state index is -0.209. The third-order valence-electron chi connectivity index (χ3n) is 6.48. The Morgan fingerprint density at radius 1 is 1.03 bits per heavy atom. The molecule has 2 aromatic carbocycles. The number of nitrogen functional groups attached to an aromatic ring is 1. The van der Waals surface area contributed by atoms with Crippen molar-refractivity contribution in [3.63, 3.8) is 0 Å². The van der Waals surface area contributed by atoms with Crippen molar-refractivity contribution in [2.75, 3.05) is 12.8 Å². The van der Waals surface area contributed by atoms with E-state index in [-0.39, 0.29) is 12.0 Å². The number of hydrogen-bond acceptors (Lipinski definition) is 6. The SMILES string of the molecule is COc1cccc(Oc2ccc(-c3nc(C4CCC(O)CC4)n4ccnc(N)c34)cc2)c1C. The summed E-state index contributed by atoms with van der Waals surface area (Å²) >= 11 is 0. The van der Waals surface area contributed by atoms with E-state index in [1.54, 1.807) is 13.3 Å². The maximum Gasteiger partial charge on any atom is 0.150 e. The van der Waals surface area contributed by atoms with E-state index in [1.165, 1.54) is 0 Å². The average molecular weight is 445 g/mol. The lowest BCUT2D eigenvalue weighted by Gasteiger charge is -2.24. The predicted molar refractivity (Wildman–Crippen MR) is 128 cm³/mol. The van der Waals surface area contributed by atoms with Crippen molar-refractivity contribution >= 4 is 11.3 Å². The number of nitrogens with two attached hydrogens (primary N) is 1. The summed E-state index contributed by atoms with van der Waals surface area (Å²) in [4.78, 5) is 9.33. The molecule has 170 valence electrons. The average Bonchev–Trinajstić information content (AvgIpc) is 3.22. The zero-order valence-electron chi connectivity index (χ0n) is 18.9. The van der Waals surface area contributed by atoms with Gasteiger partial charge in [0.15, 0.2) is 0 Å². The van der Waals surface area contributed by atoms with Gasteiger partial charge in [0, 0.05) is 29.4 Å². The number of aliphatic hydroxyl groups excluding tert-OH is 1. The fraction of sp³-hybridized carbons (Fsp3) is 0.308. The van der Waals surface area contributed by atoms with Crippen molar-refractivity contribution in [3.8, 4) is 28.5 Å². The third kappa shape index (κ3) is 4.00. The first kappa shape index (κ1) is 21.3. The van der Waals surface area contributed by atoms with E-state index in [2.05, 4.69) is 9.38 Å². The Labute approximate surface area is 192 Å². The standard InChI is InChI=1S/C26H28N4O3/c1-16-21(32-2)4-3-5-22(16)33-20-12-8-17(9-13-20)23-24-25(27)28-14-15-30(24)26(29-23)18-6-10-19(31)11-7-18/h3-5,8-9,12-15,18-19,31H,6-7,10-11H2,1-2H3,(H2,27,28). The number of imidazole rings is 1. The molecule has 0 unspecified atom stereocenters. The van der Waals surface area contributed by atoms with Crippen LogP contribution in [0.3, 0.4) is 0 Å². The number of anilines is 1. The van der Waals surface area contributed by atoms with E-state index in [1.807, 2.05) is 55.6 Å². The largest absolute Gasteiger partial charge is 0.496 e. The Morgan fingerprint density at radius 3 is 2.48 bits per heavy atom. The van der Waals surface area contributed by atoms with Gasteiger partial charge in [0.25, 0.3) is 0 Å². The topological polar surface area (TPSA) is 94.9 Å². The predicted octanol–water partition coefficient (Wildman–Crippen LogP) is 5.11. The van der Waals surface area contributed by atoms with Crippen molar-refractivity contribution in [1.82, 2.24) is 14.4 Å².